The van der Waals surface area contributed by atoms with E-state index in [0.29, 0.717) is 24.3 Å². The zero-order chi connectivity index (χ0) is 21.8. The molecule has 0 aliphatic heterocycles. The molecule has 9 heteroatoms. The van der Waals surface area contributed by atoms with Gasteiger partial charge in [0.25, 0.3) is 5.56 Å². The number of ether oxygens (including phenoxy) is 1. The lowest BCUT2D eigenvalue weighted by atomic mass is 10.2. The minimum Gasteiger partial charge on any atom is -0.491 e. The summed E-state index contributed by atoms with van der Waals surface area (Å²) in [5, 5.41) is 13.4. The van der Waals surface area contributed by atoms with E-state index < -0.39 is 11.8 Å². The molecule has 2 unspecified atom stereocenters. The zero-order valence-electron chi connectivity index (χ0n) is 17.8. The minimum absolute atomic E-state index is 0.104. The van der Waals surface area contributed by atoms with Gasteiger partial charge in [0.1, 0.15) is 18.5 Å². The Kier molecular flexibility index (Phi) is 6.73. The summed E-state index contributed by atoms with van der Waals surface area (Å²) in [6.45, 7) is 5.19. The van der Waals surface area contributed by atoms with E-state index in [1.54, 1.807) is 17.9 Å². The average molecular weight is 415 g/mol. The lowest BCUT2D eigenvalue weighted by Gasteiger charge is -2.18. The molecule has 162 valence electrons. The monoisotopic (exact) mass is 415 g/mol. The summed E-state index contributed by atoms with van der Waals surface area (Å²) in [4.78, 5) is 28.7. The van der Waals surface area contributed by atoms with Crippen LogP contribution < -0.4 is 21.3 Å². The summed E-state index contributed by atoms with van der Waals surface area (Å²) in [5.41, 5.74) is 1.21. The van der Waals surface area contributed by atoms with E-state index >= 15 is 0 Å². The normalized spacial score (nSPS) is 13.5. The number of benzene rings is 1. The number of aliphatic hydroxyl groups is 1. The van der Waals surface area contributed by atoms with Crippen molar-refractivity contribution in [1.82, 2.24) is 24.0 Å². The maximum Gasteiger partial charge on any atom is 0.332 e. The summed E-state index contributed by atoms with van der Waals surface area (Å²) in [5.74, 6) is 0.732. The molecule has 2 atom stereocenters. The quantitative estimate of drug-likeness (QED) is 0.529. The molecule has 0 radical (unpaired) electrons. The van der Waals surface area contributed by atoms with Crippen molar-refractivity contribution < 1.29 is 9.84 Å². The van der Waals surface area contributed by atoms with Crippen LogP contribution in [0.25, 0.3) is 11.2 Å². The molecule has 2 heterocycles. The standard InChI is InChI=1S/C21H29N5O4/c1-14-5-7-17(8-6-14)30-12-16(27)11-22-15(2)9-10-26-13-23-19-18(26)20(28)25(4)21(29)24(19)3/h5-8,13,15-16,22,27H,9-12H2,1-4H3. The van der Waals surface area contributed by atoms with Gasteiger partial charge >= 0.3 is 5.69 Å². The number of hydrogen-bond acceptors (Lipinski definition) is 6. The first-order chi connectivity index (χ1) is 14.3. The van der Waals surface area contributed by atoms with Crippen LogP contribution in [0.5, 0.6) is 5.75 Å². The van der Waals surface area contributed by atoms with Gasteiger partial charge in [0, 0.05) is 33.2 Å². The molecule has 0 aliphatic rings. The molecule has 0 spiro atoms. The fourth-order valence-corrected chi connectivity index (χ4v) is 3.22. The molecule has 30 heavy (non-hydrogen) atoms. The van der Waals surface area contributed by atoms with Crippen molar-refractivity contribution in [2.75, 3.05) is 13.2 Å². The predicted molar refractivity (Wildman–Crippen MR) is 115 cm³/mol. The maximum absolute atomic E-state index is 12.5. The maximum atomic E-state index is 12.5. The Hall–Kier alpha value is -2.91. The molecular formula is C21H29N5O4. The van der Waals surface area contributed by atoms with Crippen LogP contribution in [-0.2, 0) is 20.6 Å². The third kappa shape index (κ3) is 4.80. The Balaban J connectivity index is 1.51. The average Bonchev–Trinajstić information content (AvgIpc) is 3.17. The van der Waals surface area contributed by atoms with Crippen molar-refractivity contribution >= 4 is 11.2 Å². The number of imidazole rings is 1. The number of hydrogen-bond donors (Lipinski definition) is 2. The lowest BCUT2D eigenvalue weighted by Crippen LogP contribution is -2.38. The van der Waals surface area contributed by atoms with Gasteiger partial charge in [0.2, 0.25) is 0 Å². The second kappa shape index (κ2) is 9.27. The Bertz CT molecular complexity index is 1110. The molecular weight excluding hydrogens is 386 g/mol. The Labute approximate surface area is 174 Å². The van der Waals surface area contributed by atoms with Crippen molar-refractivity contribution in [2.45, 2.75) is 39.0 Å². The molecule has 2 N–H and O–H groups in total. The predicted octanol–water partition coefficient (Wildman–Crippen LogP) is 0.550. The van der Waals surface area contributed by atoms with Gasteiger partial charge in [-0.2, -0.15) is 0 Å². The van der Waals surface area contributed by atoms with Crippen molar-refractivity contribution in [3.63, 3.8) is 0 Å². The van der Waals surface area contributed by atoms with Crippen LogP contribution in [0.15, 0.2) is 40.2 Å². The van der Waals surface area contributed by atoms with Crippen molar-refractivity contribution in [1.29, 1.82) is 0 Å². The molecule has 9 nitrogen and oxygen atoms in total. The third-order valence-corrected chi connectivity index (χ3v) is 5.19. The summed E-state index contributed by atoms with van der Waals surface area (Å²) in [7, 11) is 3.07. The SMILES string of the molecule is Cc1ccc(OCC(O)CNC(C)CCn2cnc3c2c(=O)n(C)c(=O)n3C)cc1. The van der Waals surface area contributed by atoms with Crippen molar-refractivity contribution in [3.8, 4) is 5.75 Å². The van der Waals surface area contributed by atoms with Gasteiger partial charge in [-0.05, 0) is 32.4 Å². The third-order valence-electron chi connectivity index (χ3n) is 5.19. The van der Waals surface area contributed by atoms with Gasteiger partial charge in [-0.3, -0.25) is 13.9 Å². The van der Waals surface area contributed by atoms with E-state index in [4.69, 9.17) is 4.74 Å². The fourth-order valence-electron chi connectivity index (χ4n) is 3.22. The van der Waals surface area contributed by atoms with Crippen molar-refractivity contribution in [2.24, 2.45) is 14.1 Å². The Morgan fingerprint density at radius 2 is 1.87 bits per heavy atom. The molecule has 0 saturated carbocycles. The highest BCUT2D eigenvalue weighted by Gasteiger charge is 2.15. The summed E-state index contributed by atoms with van der Waals surface area (Å²) in [6.07, 6.45) is 1.68. The van der Waals surface area contributed by atoms with Crippen LogP contribution in [0.4, 0.5) is 0 Å². The van der Waals surface area contributed by atoms with Crippen LogP contribution in [0.1, 0.15) is 18.9 Å². The first-order valence-corrected chi connectivity index (χ1v) is 9.99. The van der Waals surface area contributed by atoms with Crippen LogP contribution >= 0.6 is 0 Å². The number of rotatable bonds is 9. The van der Waals surface area contributed by atoms with Crippen LogP contribution in [0, 0.1) is 6.92 Å². The Morgan fingerprint density at radius 3 is 2.57 bits per heavy atom. The van der Waals surface area contributed by atoms with Gasteiger partial charge in [-0.1, -0.05) is 17.7 Å². The summed E-state index contributed by atoms with van der Waals surface area (Å²) < 4.78 is 9.83. The number of aromatic nitrogens is 4. The second-order valence-electron chi connectivity index (χ2n) is 7.69. The number of fused-ring (bicyclic) bond motifs is 1. The van der Waals surface area contributed by atoms with E-state index in [-0.39, 0.29) is 18.2 Å². The second-order valence-corrected chi connectivity index (χ2v) is 7.69. The number of aryl methyl sites for hydroxylation is 3. The molecule has 0 fully saturated rings. The van der Waals surface area contributed by atoms with Gasteiger partial charge < -0.3 is 19.7 Å². The highest BCUT2D eigenvalue weighted by atomic mass is 16.5. The summed E-state index contributed by atoms with van der Waals surface area (Å²) in [6, 6.07) is 7.80. The van der Waals surface area contributed by atoms with E-state index in [2.05, 4.69) is 10.3 Å². The topological polar surface area (TPSA) is 103 Å². The molecule has 0 amide bonds. The number of aliphatic hydroxyl groups excluding tert-OH is 1. The molecule has 1 aromatic carbocycles. The largest absolute Gasteiger partial charge is 0.491 e. The highest BCUT2D eigenvalue weighted by molar-refractivity contribution is 5.69. The van der Waals surface area contributed by atoms with Crippen molar-refractivity contribution in [3.05, 3.63) is 57.0 Å². The molecule has 3 rings (SSSR count). The van der Waals surface area contributed by atoms with E-state index in [0.717, 1.165) is 22.3 Å². The smallest absolute Gasteiger partial charge is 0.332 e. The van der Waals surface area contributed by atoms with E-state index in [1.807, 2.05) is 38.1 Å². The van der Waals surface area contributed by atoms with Crippen LogP contribution in [-0.4, -0.2) is 49.1 Å². The molecule has 0 bridgehead atoms. The minimum atomic E-state index is -0.635. The van der Waals surface area contributed by atoms with E-state index in [9.17, 15) is 14.7 Å². The number of nitrogens with zero attached hydrogens (tertiary/aromatic N) is 4. The van der Waals surface area contributed by atoms with Gasteiger partial charge in [-0.25, -0.2) is 9.78 Å². The van der Waals surface area contributed by atoms with Gasteiger partial charge in [-0.15, -0.1) is 0 Å². The number of nitrogens with one attached hydrogen (secondary N) is 1. The zero-order valence-corrected chi connectivity index (χ0v) is 17.8. The van der Waals surface area contributed by atoms with E-state index in [1.165, 1.54) is 11.6 Å². The highest BCUT2D eigenvalue weighted by Crippen LogP contribution is 2.11. The fraction of sp³-hybridized carbons (Fsp3) is 0.476. The Morgan fingerprint density at radius 1 is 1.17 bits per heavy atom. The summed E-state index contributed by atoms with van der Waals surface area (Å²) >= 11 is 0. The lowest BCUT2D eigenvalue weighted by molar-refractivity contribution is 0.103. The first kappa shape index (κ1) is 21.8. The van der Waals surface area contributed by atoms with Crippen LogP contribution in [0.2, 0.25) is 0 Å². The van der Waals surface area contributed by atoms with Crippen LogP contribution in [0.3, 0.4) is 0 Å². The van der Waals surface area contributed by atoms with Gasteiger partial charge in [0.15, 0.2) is 11.2 Å². The van der Waals surface area contributed by atoms with Gasteiger partial charge in [0.05, 0.1) is 6.33 Å². The molecule has 0 saturated heterocycles. The molecule has 0 aliphatic carbocycles. The molecule has 2 aromatic heterocycles. The first-order valence-electron chi connectivity index (χ1n) is 9.99. The molecule has 3 aromatic rings.